The predicted octanol–water partition coefficient (Wildman–Crippen LogP) is 5.92. The molecule has 1 saturated heterocycles. The Morgan fingerprint density at radius 1 is 1.19 bits per heavy atom. The van der Waals surface area contributed by atoms with Gasteiger partial charge in [-0.3, -0.25) is 19.8 Å². The summed E-state index contributed by atoms with van der Waals surface area (Å²) in [6.07, 6.45) is 1.59. The quantitative estimate of drug-likeness (QED) is 0.197. The van der Waals surface area contributed by atoms with Gasteiger partial charge in [-0.2, -0.15) is 0 Å². The number of rotatable bonds is 5. The number of nitro benzene ring substituents is 1. The van der Waals surface area contributed by atoms with Crippen LogP contribution < -0.4 is 9.64 Å². The summed E-state index contributed by atoms with van der Waals surface area (Å²) < 4.78 is 11.3. The molecule has 3 aromatic rings. The van der Waals surface area contributed by atoms with E-state index in [1.165, 1.54) is 28.8 Å². The van der Waals surface area contributed by atoms with E-state index in [4.69, 9.17) is 33.0 Å². The van der Waals surface area contributed by atoms with Crippen LogP contribution in [0.25, 0.3) is 17.4 Å². The Bertz CT molecular complexity index is 1240. The van der Waals surface area contributed by atoms with Crippen LogP contribution in [0, 0.1) is 10.1 Å². The second-order valence-electron chi connectivity index (χ2n) is 6.34. The van der Waals surface area contributed by atoms with E-state index in [2.05, 4.69) is 0 Å². The third kappa shape index (κ3) is 4.20. The number of thioether (sulfide) groups is 1. The summed E-state index contributed by atoms with van der Waals surface area (Å²) in [4.78, 5) is 25.3. The zero-order chi connectivity index (χ0) is 22.1. The Morgan fingerprint density at radius 2 is 1.94 bits per heavy atom. The number of hydrogen-bond donors (Lipinski definition) is 0. The Balaban J connectivity index is 1.59. The van der Waals surface area contributed by atoms with Crippen molar-refractivity contribution in [1.29, 1.82) is 0 Å². The molecule has 156 valence electrons. The molecule has 2 heterocycles. The first-order valence-corrected chi connectivity index (χ1v) is 10.4. The molecule has 0 unspecified atom stereocenters. The SMILES string of the molecule is COc1ccc(N2C(=O)/C(=C\c3ccc(-c4ccc(Cl)c([N+](=O)[O-])c4)o3)SC2=S)cc1. The van der Waals surface area contributed by atoms with E-state index in [0.29, 0.717) is 37.7 Å². The fraction of sp³-hybridized carbons (Fsp3) is 0.0476. The van der Waals surface area contributed by atoms with E-state index in [0.717, 1.165) is 0 Å². The van der Waals surface area contributed by atoms with Crippen molar-refractivity contribution in [2.75, 3.05) is 12.0 Å². The van der Waals surface area contributed by atoms with Gasteiger partial charge in [-0.05, 0) is 48.5 Å². The van der Waals surface area contributed by atoms with Crippen LogP contribution in [-0.4, -0.2) is 22.3 Å². The molecule has 1 fully saturated rings. The summed E-state index contributed by atoms with van der Waals surface area (Å²) in [5.74, 6) is 1.25. The molecule has 0 bridgehead atoms. The highest BCUT2D eigenvalue weighted by atomic mass is 35.5. The Morgan fingerprint density at radius 3 is 2.61 bits per heavy atom. The van der Waals surface area contributed by atoms with Crippen LogP contribution in [0.15, 0.2) is 63.9 Å². The lowest BCUT2D eigenvalue weighted by Crippen LogP contribution is -2.27. The molecule has 1 aliphatic rings. The van der Waals surface area contributed by atoms with Crippen molar-refractivity contribution in [2.45, 2.75) is 0 Å². The minimum atomic E-state index is -0.555. The van der Waals surface area contributed by atoms with Gasteiger partial charge in [-0.25, -0.2) is 0 Å². The van der Waals surface area contributed by atoms with Crippen LogP contribution in [0.4, 0.5) is 11.4 Å². The van der Waals surface area contributed by atoms with Gasteiger partial charge in [0.15, 0.2) is 4.32 Å². The number of furan rings is 1. The lowest BCUT2D eigenvalue weighted by atomic mass is 10.1. The number of methoxy groups -OCH3 is 1. The summed E-state index contributed by atoms with van der Waals surface area (Å²) in [5, 5.41) is 11.2. The van der Waals surface area contributed by atoms with Crippen LogP contribution in [0.2, 0.25) is 5.02 Å². The first-order valence-electron chi connectivity index (χ1n) is 8.83. The molecule has 1 amide bonds. The molecule has 31 heavy (non-hydrogen) atoms. The molecule has 10 heteroatoms. The molecule has 1 aliphatic heterocycles. The van der Waals surface area contributed by atoms with Crippen molar-refractivity contribution < 1.29 is 18.9 Å². The molecule has 0 spiro atoms. The maximum Gasteiger partial charge on any atom is 0.288 e. The molecule has 2 aromatic carbocycles. The molecule has 4 rings (SSSR count). The summed E-state index contributed by atoms with van der Waals surface area (Å²) in [6, 6.07) is 14.8. The van der Waals surface area contributed by atoms with Crippen molar-refractivity contribution in [1.82, 2.24) is 0 Å². The first kappa shape index (κ1) is 21.1. The van der Waals surface area contributed by atoms with Crippen molar-refractivity contribution in [3.63, 3.8) is 0 Å². The van der Waals surface area contributed by atoms with E-state index in [1.807, 2.05) is 0 Å². The zero-order valence-corrected chi connectivity index (χ0v) is 18.3. The van der Waals surface area contributed by atoms with Gasteiger partial charge in [0.2, 0.25) is 0 Å². The molecule has 0 atom stereocenters. The van der Waals surface area contributed by atoms with Gasteiger partial charge in [-0.1, -0.05) is 35.6 Å². The number of thiocarbonyl (C=S) groups is 1. The van der Waals surface area contributed by atoms with Gasteiger partial charge in [0.1, 0.15) is 22.3 Å². The molecular formula is C21H13ClN2O5S2. The van der Waals surface area contributed by atoms with E-state index < -0.39 is 4.92 Å². The summed E-state index contributed by atoms with van der Waals surface area (Å²) in [7, 11) is 1.57. The number of nitro groups is 1. The summed E-state index contributed by atoms with van der Waals surface area (Å²) >= 11 is 12.4. The third-order valence-electron chi connectivity index (χ3n) is 4.45. The maximum absolute atomic E-state index is 12.9. The normalized spacial score (nSPS) is 15.0. The topological polar surface area (TPSA) is 85.8 Å². The molecule has 1 aromatic heterocycles. The Kier molecular flexibility index (Phi) is 5.81. The van der Waals surface area contributed by atoms with Crippen LogP contribution >= 0.6 is 35.6 Å². The third-order valence-corrected chi connectivity index (χ3v) is 6.07. The standard InChI is InChI=1S/C21H13ClN2O5S2/c1-28-14-5-3-13(4-6-14)23-20(25)19(31-21(23)30)11-15-7-9-18(29-15)12-2-8-16(22)17(10-12)24(26)27/h2-11H,1H3/b19-11+. The van der Waals surface area contributed by atoms with Gasteiger partial charge < -0.3 is 9.15 Å². The average molecular weight is 473 g/mol. The highest BCUT2D eigenvalue weighted by molar-refractivity contribution is 8.27. The summed E-state index contributed by atoms with van der Waals surface area (Å²) in [6.45, 7) is 0. The number of benzene rings is 2. The Hall–Kier alpha value is -3.14. The molecule has 0 radical (unpaired) electrons. The molecule has 7 nitrogen and oxygen atoms in total. The molecule has 0 N–H and O–H groups in total. The van der Waals surface area contributed by atoms with Crippen molar-refractivity contribution >= 4 is 63.3 Å². The minimum absolute atomic E-state index is 0.0442. The van der Waals surface area contributed by atoms with Gasteiger partial charge in [0, 0.05) is 17.7 Å². The average Bonchev–Trinajstić information content (AvgIpc) is 3.33. The number of carbonyl (C=O) groups is 1. The lowest BCUT2D eigenvalue weighted by Gasteiger charge is -2.14. The molecular weight excluding hydrogens is 460 g/mol. The maximum atomic E-state index is 12.9. The van der Waals surface area contributed by atoms with Gasteiger partial charge in [-0.15, -0.1) is 0 Å². The summed E-state index contributed by atoms with van der Waals surface area (Å²) in [5.41, 5.74) is 0.930. The first-order chi connectivity index (χ1) is 14.9. The van der Waals surface area contributed by atoms with E-state index >= 15 is 0 Å². The predicted molar refractivity (Wildman–Crippen MR) is 124 cm³/mol. The van der Waals surface area contributed by atoms with E-state index in [1.54, 1.807) is 55.7 Å². The largest absolute Gasteiger partial charge is 0.497 e. The number of halogens is 1. The van der Waals surface area contributed by atoms with Crippen molar-refractivity contribution in [2.24, 2.45) is 0 Å². The minimum Gasteiger partial charge on any atom is -0.497 e. The Labute approximate surface area is 191 Å². The molecule has 0 saturated carbocycles. The highest BCUT2D eigenvalue weighted by Crippen LogP contribution is 2.37. The van der Waals surface area contributed by atoms with Gasteiger partial charge in [0.25, 0.3) is 11.6 Å². The van der Waals surface area contributed by atoms with Crippen molar-refractivity contribution in [3.05, 3.63) is 80.4 Å². The second kappa shape index (κ2) is 8.54. The number of hydrogen-bond acceptors (Lipinski definition) is 7. The number of anilines is 1. The molecule has 0 aliphatic carbocycles. The van der Waals surface area contributed by atoms with Gasteiger partial charge in [0.05, 0.1) is 22.6 Å². The fourth-order valence-electron chi connectivity index (χ4n) is 2.94. The zero-order valence-electron chi connectivity index (χ0n) is 15.9. The number of nitrogens with zero attached hydrogens (tertiary/aromatic N) is 2. The number of carbonyl (C=O) groups excluding carboxylic acids is 1. The van der Waals surface area contributed by atoms with E-state index in [-0.39, 0.29) is 16.6 Å². The highest BCUT2D eigenvalue weighted by Gasteiger charge is 2.33. The number of ether oxygens (including phenoxy) is 1. The van der Waals surface area contributed by atoms with Crippen LogP contribution in [-0.2, 0) is 4.79 Å². The lowest BCUT2D eigenvalue weighted by molar-refractivity contribution is -0.384. The number of amides is 1. The van der Waals surface area contributed by atoms with Crippen LogP contribution in [0.1, 0.15) is 5.76 Å². The van der Waals surface area contributed by atoms with Crippen molar-refractivity contribution in [3.8, 4) is 17.1 Å². The van der Waals surface area contributed by atoms with E-state index in [9.17, 15) is 14.9 Å². The van der Waals surface area contributed by atoms with Crippen LogP contribution in [0.5, 0.6) is 5.75 Å². The smallest absolute Gasteiger partial charge is 0.288 e. The second-order valence-corrected chi connectivity index (χ2v) is 8.42. The fourth-order valence-corrected chi connectivity index (χ4v) is 4.41. The van der Waals surface area contributed by atoms with Gasteiger partial charge >= 0.3 is 0 Å². The monoisotopic (exact) mass is 472 g/mol. The van der Waals surface area contributed by atoms with Crippen LogP contribution in [0.3, 0.4) is 0 Å².